The number of amides is 1. The van der Waals surface area contributed by atoms with Crippen molar-refractivity contribution in [3.8, 4) is 0 Å². The molecule has 0 aromatic heterocycles. The molecule has 1 amide bonds. The maximum absolute atomic E-state index is 13.3. The summed E-state index contributed by atoms with van der Waals surface area (Å²) in [6.45, 7) is 0. The Morgan fingerprint density at radius 3 is 2.21 bits per heavy atom. The van der Waals surface area contributed by atoms with E-state index >= 15 is 0 Å². The first-order chi connectivity index (χ1) is 13.3. The lowest BCUT2D eigenvalue weighted by Gasteiger charge is -2.10. The highest BCUT2D eigenvalue weighted by Gasteiger charge is 2.17. The molecule has 0 saturated heterocycles. The van der Waals surface area contributed by atoms with Crippen molar-refractivity contribution in [2.24, 2.45) is 0 Å². The Bertz CT molecular complexity index is 1140. The molecule has 144 valence electrons. The van der Waals surface area contributed by atoms with E-state index in [2.05, 4.69) is 10.0 Å². The number of para-hydroxylation sites is 1. The summed E-state index contributed by atoms with van der Waals surface area (Å²) in [7, 11) is -4.11. The van der Waals surface area contributed by atoms with Gasteiger partial charge in [-0.2, -0.15) is 0 Å². The number of hydrogen-bond acceptors (Lipinski definition) is 3. The molecular formula is C19H13ClF2N2O3S. The summed E-state index contributed by atoms with van der Waals surface area (Å²) in [6.07, 6.45) is 0. The lowest BCUT2D eigenvalue weighted by atomic mass is 10.2. The molecule has 2 N–H and O–H groups in total. The smallest absolute Gasteiger partial charge is 0.261 e. The number of halogens is 3. The first-order valence-electron chi connectivity index (χ1n) is 7.90. The average Bonchev–Trinajstić information content (AvgIpc) is 2.66. The molecular weight excluding hydrogens is 410 g/mol. The molecule has 5 nitrogen and oxygen atoms in total. The molecule has 3 rings (SSSR count). The fraction of sp³-hybridized carbons (Fsp3) is 0. The highest BCUT2D eigenvalue weighted by atomic mass is 35.5. The Morgan fingerprint density at radius 1 is 0.893 bits per heavy atom. The molecule has 3 aromatic rings. The van der Waals surface area contributed by atoms with Crippen molar-refractivity contribution in [1.82, 2.24) is 0 Å². The molecule has 0 aliphatic rings. The van der Waals surface area contributed by atoms with Gasteiger partial charge in [0, 0.05) is 11.3 Å². The van der Waals surface area contributed by atoms with Gasteiger partial charge in [-0.05, 0) is 54.6 Å². The van der Waals surface area contributed by atoms with Gasteiger partial charge in [-0.1, -0.05) is 23.7 Å². The molecule has 0 fully saturated rings. The van der Waals surface area contributed by atoms with Gasteiger partial charge in [-0.15, -0.1) is 0 Å². The second-order valence-corrected chi connectivity index (χ2v) is 7.78. The largest absolute Gasteiger partial charge is 0.321 e. The van der Waals surface area contributed by atoms with E-state index in [9.17, 15) is 22.0 Å². The third kappa shape index (κ3) is 4.47. The van der Waals surface area contributed by atoms with Gasteiger partial charge in [0.15, 0.2) is 11.6 Å². The predicted molar refractivity (Wildman–Crippen MR) is 103 cm³/mol. The van der Waals surface area contributed by atoms with E-state index in [1.165, 1.54) is 24.3 Å². The molecule has 0 heterocycles. The SMILES string of the molecule is O=C(Nc1ccccc1Cl)c1ccc(NS(=O)(=O)c2ccc(F)c(F)c2)cc1. The maximum atomic E-state index is 13.3. The van der Waals surface area contributed by atoms with Crippen molar-refractivity contribution in [3.63, 3.8) is 0 Å². The number of carbonyl (C=O) groups excluding carboxylic acids is 1. The second kappa shape index (κ2) is 7.95. The van der Waals surface area contributed by atoms with Crippen molar-refractivity contribution in [2.45, 2.75) is 4.90 Å². The standard InChI is InChI=1S/C19H13ClF2N2O3S/c20-15-3-1-2-4-18(15)23-19(25)12-5-7-13(8-6-12)24-28(26,27)14-9-10-16(21)17(22)11-14/h1-11,24H,(H,23,25). The van der Waals surface area contributed by atoms with Gasteiger partial charge in [0.2, 0.25) is 0 Å². The summed E-state index contributed by atoms with van der Waals surface area (Å²) in [6, 6.07) is 14.6. The van der Waals surface area contributed by atoms with Gasteiger partial charge < -0.3 is 5.32 Å². The summed E-state index contributed by atoms with van der Waals surface area (Å²) in [5.74, 6) is -2.84. The molecule has 3 aromatic carbocycles. The fourth-order valence-corrected chi connectivity index (χ4v) is 3.56. The third-order valence-corrected chi connectivity index (χ3v) is 5.43. The Kier molecular flexibility index (Phi) is 5.62. The fourth-order valence-electron chi connectivity index (χ4n) is 2.30. The molecule has 0 saturated carbocycles. The molecule has 0 radical (unpaired) electrons. The molecule has 9 heteroatoms. The maximum Gasteiger partial charge on any atom is 0.261 e. The molecule has 0 spiro atoms. The summed E-state index contributed by atoms with van der Waals surface area (Å²) in [5, 5.41) is 3.03. The van der Waals surface area contributed by atoms with Crippen LogP contribution in [0.1, 0.15) is 10.4 Å². The first-order valence-corrected chi connectivity index (χ1v) is 9.76. The summed E-state index contributed by atoms with van der Waals surface area (Å²) in [5.41, 5.74) is 0.868. The molecule has 0 atom stereocenters. The van der Waals surface area contributed by atoms with Crippen LogP contribution >= 0.6 is 11.6 Å². The van der Waals surface area contributed by atoms with Crippen molar-refractivity contribution in [3.05, 3.63) is 89.0 Å². The minimum absolute atomic E-state index is 0.152. The van der Waals surface area contributed by atoms with E-state index in [0.29, 0.717) is 16.8 Å². The highest BCUT2D eigenvalue weighted by Crippen LogP contribution is 2.22. The van der Waals surface area contributed by atoms with Crippen LogP contribution in [0.15, 0.2) is 71.6 Å². The van der Waals surface area contributed by atoms with Crippen LogP contribution < -0.4 is 10.0 Å². The zero-order valence-corrected chi connectivity index (χ0v) is 15.7. The van der Waals surface area contributed by atoms with Gasteiger partial charge in [0.25, 0.3) is 15.9 Å². The molecule has 28 heavy (non-hydrogen) atoms. The van der Waals surface area contributed by atoms with Crippen LogP contribution in [0.25, 0.3) is 0 Å². The zero-order chi connectivity index (χ0) is 20.3. The first kappa shape index (κ1) is 19.8. The summed E-state index contributed by atoms with van der Waals surface area (Å²) in [4.78, 5) is 11.8. The second-order valence-electron chi connectivity index (χ2n) is 5.69. The van der Waals surface area contributed by atoms with Crippen molar-refractivity contribution >= 4 is 38.9 Å². The predicted octanol–water partition coefficient (Wildman–Crippen LogP) is 4.67. The number of sulfonamides is 1. The van der Waals surface area contributed by atoms with E-state index in [4.69, 9.17) is 11.6 Å². The van der Waals surface area contributed by atoms with Crippen molar-refractivity contribution in [2.75, 3.05) is 10.0 Å². The molecule has 0 aliphatic heterocycles. The van der Waals surface area contributed by atoms with Crippen LogP contribution in [0.2, 0.25) is 5.02 Å². The van der Waals surface area contributed by atoms with E-state index in [1.807, 2.05) is 0 Å². The molecule has 0 aliphatic carbocycles. The lowest BCUT2D eigenvalue weighted by molar-refractivity contribution is 0.102. The number of benzene rings is 3. The minimum Gasteiger partial charge on any atom is -0.321 e. The Balaban J connectivity index is 1.74. The van der Waals surface area contributed by atoms with E-state index in [-0.39, 0.29) is 11.3 Å². The normalized spacial score (nSPS) is 11.1. The van der Waals surface area contributed by atoms with Crippen molar-refractivity contribution in [1.29, 1.82) is 0 Å². The minimum atomic E-state index is -4.11. The van der Waals surface area contributed by atoms with Crippen LogP contribution in [0, 0.1) is 11.6 Å². The van der Waals surface area contributed by atoms with Crippen LogP contribution in [0.5, 0.6) is 0 Å². The van der Waals surface area contributed by atoms with Crippen LogP contribution in [0.4, 0.5) is 20.2 Å². The Labute approximate surface area is 165 Å². The van der Waals surface area contributed by atoms with E-state index in [1.54, 1.807) is 24.3 Å². The average molecular weight is 423 g/mol. The van der Waals surface area contributed by atoms with Crippen LogP contribution in [-0.2, 0) is 10.0 Å². The van der Waals surface area contributed by atoms with Gasteiger partial charge in [-0.3, -0.25) is 9.52 Å². The van der Waals surface area contributed by atoms with Gasteiger partial charge in [-0.25, -0.2) is 17.2 Å². The van der Waals surface area contributed by atoms with E-state index < -0.39 is 32.5 Å². The quantitative estimate of drug-likeness (QED) is 0.627. The number of rotatable bonds is 5. The highest BCUT2D eigenvalue weighted by molar-refractivity contribution is 7.92. The zero-order valence-electron chi connectivity index (χ0n) is 14.1. The van der Waals surface area contributed by atoms with E-state index in [0.717, 1.165) is 12.1 Å². The Hall–Kier alpha value is -2.97. The number of nitrogens with one attached hydrogen (secondary N) is 2. The summed E-state index contributed by atoms with van der Waals surface area (Å²) < 4.78 is 53.0. The topological polar surface area (TPSA) is 75.3 Å². The Morgan fingerprint density at radius 2 is 1.57 bits per heavy atom. The van der Waals surface area contributed by atoms with Gasteiger partial charge in [0.1, 0.15) is 0 Å². The van der Waals surface area contributed by atoms with Crippen LogP contribution in [-0.4, -0.2) is 14.3 Å². The van der Waals surface area contributed by atoms with Gasteiger partial charge in [0.05, 0.1) is 15.6 Å². The molecule has 0 bridgehead atoms. The lowest BCUT2D eigenvalue weighted by Crippen LogP contribution is -2.14. The number of hydrogen-bond donors (Lipinski definition) is 2. The summed E-state index contributed by atoms with van der Waals surface area (Å²) >= 11 is 5.99. The van der Waals surface area contributed by atoms with Crippen molar-refractivity contribution < 1.29 is 22.0 Å². The van der Waals surface area contributed by atoms with Crippen LogP contribution in [0.3, 0.4) is 0 Å². The monoisotopic (exact) mass is 422 g/mol. The van der Waals surface area contributed by atoms with Gasteiger partial charge >= 0.3 is 0 Å². The number of carbonyl (C=O) groups is 1. The third-order valence-electron chi connectivity index (χ3n) is 3.72. The molecule has 0 unspecified atom stereocenters. The number of anilines is 2.